The Morgan fingerprint density at radius 2 is 1.38 bits per heavy atom. The number of imidazole rings is 1. The monoisotopic (exact) mass is 525 g/mol. The van der Waals surface area contributed by atoms with Crippen LogP contribution in [0, 0.1) is 0 Å². The van der Waals surface area contributed by atoms with Gasteiger partial charge in [0.05, 0.1) is 25.6 Å². The molecule has 0 fully saturated rings. The molecule has 0 radical (unpaired) electrons. The standard InChI is InChI=1S/C34H43N3O2/c1-5-7-15-23-37-30(26-36(22-8-6-2)25-27-20-21-31(38-3)32(24-27)39-4)33(28-16-11-9-12-17-28)35-34(37)29-18-13-10-14-19-29/h9-14,16-21,24H,5-8,15,22-23,25-26H2,1-4H3. The van der Waals surface area contributed by atoms with Crippen molar-refractivity contribution < 1.29 is 9.47 Å². The first kappa shape index (κ1) is 28.4. The third-order valence-corrected chi connectivity index (χ3v) is 7.19. The molecule has 1 heterocycles. The molecule has 0 aliphatic carbocycles. The van der Waals surface area contributed by atoms with Crippen molar-refractivity contribution in [2.75, 3.05) is 20.8 Å². The van der Waals surface area contributed by atoms with Gasteiger partial charge >= 0.3 is 0 Å². The van der Waals surface area contributed by atoms with Gasteiger partial charge in [-0.05, 0) is 37.1 Å². The van der Waals surface area contributed by atoms with Crippen LogP contribution < -0.4 is 9.47 Å². The summed E-state index contributed by atoms with van der Waals surface area (Å²) in [5, 5.41) is 0. The fourth-order valence-corrected chi connectivity index (χ4v) is 5.09. The lowest BCUT2D eigenvalue weighted by molar-refractivity contribution is 0.245. The van der Waals surface area contributed by atoms with E-state index in [0.29, 0.717) is 0 Å². The molecule has 5 nitrogen and oxygen atoms in total. The van der Waals surface area contributed by atoms with Gasteiger partial charge < -0.3 is 14.0 Å². The molecule has 1 aromatic heterocycles. The van der Waals surface area contributed by atoms with E-state index >= 15 is 0 Å². The Hall–Kier alpha value is -3.57. The number of methoxy groups -OCH3 is 2. The van der Waals surface area contributed by atoms with Crippen molar-refractivity contribution in [2.45, 2.75) is 65.6 Å². The minimum Gasteiger partial charge on any atom is -0.493 e. The molecule has 0 spiro atoms. The smallest absolute Gasteiger partial charge is 0.161 e. The second-order valence-electron chi connectivity index (χ2n) is 10.1. The van der Waals surface area contributed by atoms with Gasteiger partial charge in [0.2, 0.25) is 0 Å². The van der Waals surface area contributed by atoms with Crippen molar-refractivity contribution >= 4 is 0 Å². The van der Waals surface area contributed by atoms with Crippen LogP contribution in [-0.4, -0.2) is 35.2 Å². The van der Waals surface area contributed by atoms with Crippen LogP contribution in [0.3, 0.4) is 0 Å². The lowest BCUT2D eigenvalue weighted by atomic mass is 10.1. The number of ether oxygens (including phenoxy) is 2. The summed E-state index contributed by atoms with van der Waals surface area (Å²) >= 11 is 0. The zero-order valence-corrected chi connectivity index (χ0v) is 24.0. The fourth-order valence-electron chi connectivity index (χ4n) is 5.09. The van der Waals surface area contributed by atoms with Crippen molar-refractivity contribution in [1.82, 2.24) is 14.5 Å². The van der Waals surface area contributed by atoms with E-state index < -0.39 is 0 Å². The van der Waals surface area contributed by atoms with Crippen LogP contribution in [0.4, 0.5) is 0 Å². The van der Waals surface area contributed by atoms with Crippen LogP contribution in [0.1, 0.15) is 57.2 Å². The molecule has 0 saturated heterocycles. The summed E-state index contributed by atoms with van der Waals surface area (Å²) in [6.45, 7) is 8.15. The Kier molecular flexibility index (Phi) is 10.6. The van der Waals surface area contributed by atoms with Crippen molar-refractivity contribution in [1.29, 1.82) is 0 Å². The molecule has 0 unspecified atom stereocenters. The average molecular weight is 526 g/mol. The number of aromatic nitrogens is 2. The van der Waals surface area contributed by atoms with Crippen LogP contribution in [0.2, 0.25) is 0 Å². The topological polar surface area (TPSA) is 39.5 Å². The maximum absolute atomic E-state index is 5.60. The minimum atomic E-state index is 0.759. The van der Waals surface area contributed by atoms with Gasteiger partial charge in [0.15, 0.2) is 11.5 Å². The zero-order valence-electron chi connectivity index (χ0n) is 24.0. The van der Waals surface area contributed by atoms with E-state index in [-0.39, 0.29) is 0 Å². The summed E-state index contributed by atoms with van der Waals surface area (Å²) in [5.41, 5.74) is 5.91. The van der Waals surface area contributed by atoms with Crippen molar-refractivity contribution in [2.24, 2.45) is 0 Å². The van der Waals surface area contributed by atoms with Gasteiger partial charge in [-0.2, -0.15) is 0 Å². The Morgan fingerprint density at radius 3 is 2.03 bits per heavy atom. The molecule has 5 heteroatoms. The number of unbranched alkanes of at least 4 members (excludes halogenated alkanes) is 3. The van der Waals surface area contributed by atoms with Crippen LogP contribution in [0.5, 0.6) is 11.5 Å². The first-order chi connectivity index (χ1) is 19.2. The molecule has 0 bridgehead atoms. The molecule has 0 aliphatic heterocycles. The minimum absolute atomic E-state index is 0.759. The van der Waals surface area contributed by atoms with E-state index in [1.54, 1.807) is 14.2 Å². The highest BCUT2D eigenvalue weighted by molar-refractivity contribution is 5.68. The lowest BCUT2D eigenvalue weighted by Crippen LogP contribution is -2.26. The highest BCUT2D eigenvalue weighted by Crippen LogP contribution is 2.32. The van der Waals surface area contributed by atoms with E-state index in [4.69, 9.17) is 14.5 Å². The number of rotatable bonds is 15. The molecular formula is C34H43N3O2. The Labute approximate surface area is 234 Å². The molecule has 0 saturated carbocycles. The second-order valence-corrected chi connectivity index (χ2v) is 10.1. The summed E-state index contributed by atoms with van der Waals surface area (Å²) in [6.07, 6.45) is 5.83. The van der Waals surface area contributed by atoms with Gasteiger partial charge in [-0.15, -0.1) is 0 Å². The van der Waals surface area contributed by atoms with E-state index in [9.17, 15) is 0 Å². The van der Waals surface area contributed by atoms with Crippen LogP contribution in [-0.2, 0) is 19.6 Å². The van der Waals surface area contributed by atoms with Gasteiger partial charge in [-0.3, -0.25) is 4.90 Å². The molecule has 0 atom stereocenters. The predicted molar refractivity (Wildman–Crippen MR) is 161 cm³/mol. The Balaban J connectivity index is 1.77. The fraction of sp³-hybridized carbons (Fsp3) is 0.382. The quantitative estimate of drug-likeness (QED) is 0.147. The molecule has 206 valence electrons. The normalized spacial score (nSPS) is 11.2. The molecular weight excluding hydrogens is 482 g/mol. The van der Waals surface area contributed by atoms with Gasteiger partial charge in [-0.1, -0.05) is 99.8 Å². The van der Waals surface area contributed by atoms with Gasteiger partial charge in [0, 0.05) is 30.8 Å². The van der Waals surface area contributed by atoms with E-state index in [1.807, 2.05) is 6.07 Å². The lowest BCUT2D eigenvalue weighted by Gasteiger charge is -2.24. The van der Waals surface area contributed by atoms with E-state index in [1.165, 1.54) is 29.7 Å². The Morgan fingerprint density at radius 1 is 0.718 bits per heavy atom. The van der Waals surface area contributed by atoms with Gasteiger partial charge in [0.1, 0.15) is 5.82 Å². The van der Waals surface area contributed by atoms with Crippen molar-refractivity contribution in [3.8, 4) is 34.1 Å². The van der Waals surface area contributed by atoms with Crippen molar-refractivity contribution in [3.63, 3.8) is 0 Å². The highest BCUT2D eigenvalue weighted by Gasteiger charge is 2.22. The first-order valence-corrected chi connectivity index (χ1v) is 14.3. The van der Waals surface area contributed by atoms with E-state index in [2.05, 4.69) is 96.1 Å². The Bertz CT molecular complexity index is 1280. The zero-order chi connectivity index (χ0) is 27.5. The van der Waals surface area contributed by atoms with Crippen LogP contribution >= 0.6 is 0 Å². The molecule has 0 aliphatic rings. The third-order valence-electron chi connectivity index (χ3n) is 7.19. The summed E-state index contributed by atoms with van der Waals surface area (Å²) < 4.78 is 13.6. The predicted octanol–water partition coefficient (Wildman–Crippen LogP) is 8.23. The first-order valence-electron chi connectivity index (χ1n) is 14.3. The number of nitrogens with zero attached hydrogens (tertiary/aromatic N) is 3. The summed E-state index contributed by atoms with van der Waals surface area (Å²) in [6, 6.07) is 27.5. The number of hydrogen-bond donors (Lipinski definition) is 0. The second kappa shape index (κ2) is 14.5. The molecule has 39 heavy (non-hydrogen) atoms. The molecule has 0 N–H and O–H groups in total. The highest BCUT2D eigenvalue weighted by atomic mass is 16.5. The summed E-state index contributed by atoms with van der Waals surface area (Å²) in [4.78, 5) is 7.87. The number of hydrogen-bond acceptors (Lipinski definition) is 4. The molecule has 4 aromatic rings. The van der Waals surface area contributed by atoms with Gasteiger partial charge in [-0.25, -0.2) is 4.98 Å². The molecule has 4 rings (SSSR count). The van der Waals surface area contributed by atoms with Crippen molar-refractivity contribution in [3.05, 3.63) is 90.1 Å². The average Bonchev–Trinajstić information content (AvgIpc) is 3.34. The summed E-state index contributed by atoms with van der Waals surface area (Å²) in [5.74, 6) is 2.59. The SMILES string of the molecule is CCCCCn1c(-c2ccccc2)nc(-c2ccccc2)c1CN(CCCC)Cc1ccc(OC)c(OC)c1. The van der Waals surface area contributed by atoms with E-state index in [0.717, 1.165) is 74.0 Å². The summed E-state index contributed by atoms with van der Waals surface area (Å²) in [7, 11) is 3.38. The van der Waals surface area contributed by atoms with Crippen LogP contribution in [0.15, 0.2) is 78.9 Å². The molecule has 0 amide bonds. The van der Waals surface area contributed by atoms with Gasteiger partial charge in [0.25, 0.3) is 0 Å². The molecule has 3 aromatic carbocycles. The largest absolute Gasteiger partial charge is 0.493 e. The van der Waals surface area contributed by atoms with Crippen LogP contribution in [0.25, 0.3) is 22.6 Å². The third kappa shape index (κ3) is 7.30. The maximum atomic E-state index is 5.60. The number of benzene rings is 3. The maximum Gasteiger partial charge on any atom is 0.161 e.